The minimum atomic E-state index is -4.15. The van der Waals surface area contributed by atoms with Crippen LogP contribution in [0.1, 0.15) is 96.6 Å². The molecule has 2 bridgehead atoms. The van der Waals surface area contributed by atoms with Crippen molar-refractivity contribution in [1.29, 1.82) is 0 Å². The number of hydrogen-bond acceptors (Lipinski definition) is 10. The molecule has 0 spiro atoms. The summed E-state index contributed by atoms with van der Waals surface area (Å²) < 4.78 is 52.9. The number of fused-ring (bicyclic) bond motifs is 3. The second kappa shape index (κ2) is 12.9. The number of benzene rings is 1. The Kier molecular flexibility index (Phi) is 9.09. The van der Waals surface area contributed by atoms with E-state index in [4.69, 9.17) is 18.6 Å². The first kappa shape index (κ1) is 34.6. The van der Waals surface area contributed by atoms with Crippen LogP contribution in [0.25, 0.3) is 16.7 Å². The Labute approximate surface area is 286 Å². The van der Waals surface area contributed by atoms with Gasteiger partial charge in [0.1, 0.15) is 24.2 Å². The third-order valence-electron chi connectivity index (χ3n) is 9.61. The zero-order chi connectivity index (χ0) is 35.4. The molecule has 2 fully saturated rings. The number of aromatic nitrogens is 3. The van der Waals surface area contributed by atoms with Crippen LogP contribution in [0.2, 0.25) is 0 Å². The van der Waals surface area contributed by atoms with Crippen LogP contribution >= 0.6 is 0 Å². The van der Waals surface area contributed by atoms with Crippen LogP contribution < -0.4 is 20.7 Å². The van der Waals surface area contributed by atoms with E-state index < -0.39 is 44.1 Å². The lowest BCUT2D eigenvalue weighted by Gasteiger charge is -2.33. The normalized spacial score (nSPS) is 21.8. The number of allylic oxidation sites excluding steroid dienone is 3. The van der Waals surface area contributed by atoms with Crippen LogP contribution in [-0.2, 0) is 30.8 Å². The van der Waals surface area contributed by atoms with E-state index in [1.165, 1.54) is 44.7 Å². The number of hydrogen-bond donors (Lipinski definition) is 1. The second-order valence-corrected chi connectivity index (χ2v) is 16.2. The Morgan fingerprint density at radius 1 is 1.18 bits per heavy atom. The van der Waals surface area contributed by atoms with Crippen molar-refractivity contribution in [2.75, 3.05) is 7.11 Å². The van der Waals surface area contributed by atoms with Crippen molar-refractivity contribution in [2.45, 2.75) is 102 Å². The summed E-state index contributed by atoms with van der Waals surface area (Å²) >= 11 is 0. The van der Waals surface area contributed by atoms with Crippen molar-refractivity contribution in [3.8, 4) is 5.75 Å². The highest BCUT2D eigenvalue weighted by Crippen LogP contribution is 2.44. The third kappa shape index (κ3) is 6.21. The maximum atomic E-state index is 14.6. The highest BCUT2D eigenvalue weighted by Gasteiger charge is 2.40. The quantitative estimate of drug-likeness (QED) is 0.320. The van der Waals surface area contributed by atoms with Crippen molar-refractivity contribution in [3.63, 3.8) is 0 Å². The molecule has 13 nitrogen and oxygen atoms in total. The van der Waals surface area contributed by atoms with Gasteiger partial charge >= 0.3 is 5.69 Å². The van der Waals surface area contributed by atoms with E-state index in [0.717, 1.165) is 17.4 Å². The Bertz CT molecular complexity index is 2050. The summed E-state index contributed by atoms with van der Waals surface area (Å²) in [6.07, 6.45) is 5.43. The SMILES string of the molecule is C=C1C(c2ncco2)=C(C)c2c1n(C[C@H](OC1CC3CC[C@H](C1)O3)c1ccccc1OC)c(=O)n([C@@H](C)C(=O)NS(=O)(=O)C(C)(C)C)c2=O.[HH]. The minimum absolute atomic E-state index is 0. The van der Waals surface area contributed by atoms with Crippen LogP contribution in [0.4, 0.5) is 0 Å². The fourth-order valence-corrected chi connectivity index (χ4v) is 7.63. The number of nitrogens with one attached hydrogen (secondary N) is 1. The molecule has 1 aromatic carbocycles. The molecule has 3 aliphatic rings. The van der Waals surface area contributed by atoms with E-state index in [1.807, 2.05) is 18.2 Å². The van der Waals surface area contributed by atoms with Gasteiger partial charge in [0.2, 0.25) is 15.9 Å². The predicted molar refractivity (Wildman–Crippen MR) is 184 cm³/mol. The van der Waals surface area contributed by atoms with Gasteiger partial charge in [0.25, 0.3) is 11.5 Å². The number of para-hydroxylation sites is 1. The number of rotatable bonds is 10. The van der Waals surface area contributed by atoms with Gasteiger partial charge in [-0.15, -0.1) is 0 Å². The van der Waals surface area contributed by atoms with Gasteiger partial charge in [-0.05, 0) is 71.9 Å². The summed E-state index contributed by atoms with van der Waals surface area (Å²) in [7, 11) is -2.60. The number of methoxy groups -OCH3 is 1. The third-order valence-corrected chi connectivity index (χ3v) is 11.7. The molecule has 14 heteroatoms. The molecular formula is C35H44N4O9S. The minimum Gasteiger partial charge on any atom is -0.496 e. The van der Waals surface area contributed by atoms with E-state index >= 15 is 0 Å². The molecule has 2 aliphatic heterocycles. The molecule has 3 aromatic rings. The standard InChI is InChI=1S/C35H42N4O9S.H2/c1-19-28(32-36-14-15-46-32)20(2)30-29(19)33(41)39(21(3)31(40)37-49(43,44)35(4,5)6)34(42)38(30)18-27(25-10-8-9-11-26(25)45-7)48-24-16-22-12-13-23(17-24)47-22;/h8-11,14-15,21-24,27H,2,12-13,16-18H2,1,3-7H3,(H,37,40);1H/t21-,22+,23?,24?,27-;/m0./s1. The van der Waals surface area contributed by atoms with E-state index in [1.54, 1.807) is 20.1 Å². The lowest BCUT2D eigenvalue weighted by atomic mass is 10.0. The van der Waals surface area contributed by atoms with Gasteiger partial charge in [0.15, 0.2) is 0 Å². The molecule has 0 saturated carbocycles. The maximum Gasteiger partial charge on any atom is 0.332 e. The average Bonchev–Trinajstić information content (AvgIpc) is 3.75. The zero-order valence-electron chi connectivity index (χ0n) is 28.5. The number of ether oxygens (including phenoxy) is 3. The Hall–Kier alpha value is -4.27. The van der Waals surface area contributed by atoms with Crippen LogP contribution in [0.5, 0.6) is 5.75 Å². The lowest BCUT2D eigenvalue weighted by molar-refractivity contribution is -0.122. The Morgan fingerprint density at radius 2 is 1.86 bits per heavy atom. The van der Waals surface area contributed by atoms with Crippen molar-refractivity contribution in [3.05, 3.63) is 86.9 Å². The molecule has 0 radical (unpaired) electrons. The van der Waals surface area contributed by atoms with Gasteiger partial charge < -0.3 is 18.6 Å². The summed E-state index contributed by atoms with van der Waals surface area (Å²) in [6.45, 7) is 11.5. The van der Waals surface area contributed by atoms with Crippen LogP contribution in [0.3, 0.4) is 0 Å². The number of carbonyl (C=O) groups excluding carboxylic acids is 1. The number of sulfonamides is 1. The molecule has 49 heavy (non-hydrogen) atoms. The smallest absolute Gasteiger partial charge is 0.332 e. The maximum absolute atomic E-state index is 14.6. The van der Waals surface area contributed by atoms with Gasteiger partial charge in [-0.2, -0.15) is 0 Å². The fraction of sp³-hybridized carbons (Fsp3) is 0.486. The fourth-order valence-electron chi connectivity index (χ4n) is 6.89. The summed E-state index contributed by atoms with van der Waals surface area (Å²) in [5.74, 6) is -0.266. The van der Waals surface area contributed by atoms with E-state index in [2.05, 4.69) is 16.3 Å². The molecule has 1 N–H and O–H groups in total. The molecule has 5 atom stereocenters. The Balaban J connectivity index is 0.00000486. The van der Waals surface area contributed by atoms with Gasteiger partial charge in [0.05, 0.1) is 54.2 Å². The van der Waals surface area contributed by atoms with Gasteiger partial charge in [-0.25, -0.2) is 22.8 Å². The summed E-state index contributed by atoms with van der Waals surface area (Å²) in [5.41, 5.74) is 0.658. The first-order valence-corrected chi connectivity index (χ1v) is 17.8. The second-order valence-electron chi connectivity index (χ2n) is 13.8. The molecule has 1 amide bonds. The number of nitrogens with zero attached hydrogens (tertiary/aromatic N) is 3. The molecule has 6 rings (SSSR count). The molecule has 1 aliphatic carbocycles. The van der Waals surface area contributed by atoms with Gasteiger partial charge in [0, 0.05) is 18.1 Å². The van der Waals surface area contributed by atoms with E-state index in [0.29, 0.717) is 40.9 Å². The highest BCUT2D eigenvalue weighted by atomic mass is 32.2. The first-order chi connectivity index (χ1) is 23.1. The summed E-state index contributed by atoms with van der Waals surface area (Å²) in [5, 5.41) is 0. The monoisotopic (exact) mass is 696 g/mol. The molecule has 4 heterocycles. The lowest BCUT2D eigenvalue weighted by Crippen LogP contribution is -2.51. The van der Waals surface area contributed by atoms with Crippen molar-refractivity contribution in [2.24, 2.45) is 0 Å². The van der Waals surface area contributed by atoms with Gasteiger partial charge in [-0.3, -0.25) is 18.9 Å². The van der Waals surface area contributed by atoms with Crippen LogP contribution in [0.15, 0.2) is 57.3 Å². The van der Waals surface area contributed by atoms with E-state index in [-0.39, 0.29) is 43.4 Å². The number of carbonyl (C=O) groups is 1. The molecule has 264 valence electrons. The number of amides is 1. The van der Waals surface area contributed by atoms with Gasteiger partial charge in [-0.1, -0.05) is 24.8 Å². The van der Waals surface area contributed by atoms with Crippen LogP contribution in [0, 0.1) is 0 Å². The van der Waals surface area contributed by atoms with E-state index in [9.17, 15) is 22.8 Å². The molecule has 2 aromatic heterocycles. The Morgan fingerprint density at radius 3 is 2.47 bits per heavy atom. The molecule has 2 unspecified atom stereocenters. The highest BCUT2D eigenvalue weighted by molar-refractivity contribution is 7.91. The molecule has 2 saturated heterocycles. The summed E-state index contributed by atoms with van der Waals surface area (Å²) in [4.78, 5) is 46.7. The van der Waals surface area contributed by atoms with Crippen molar-refractivity contribution >= 4 is 32.6 Å². The predicted octanol–water partition coefficient (Wildman–Crippen LogP) is 4.48. The number of oxazole rings is 1. The largest absolute Gasteiger partial charge is 0.496 e. The molecular weight excluding hydrogens is 652 g/mol. The van der Waals surface area contributed by atoms with Crippen molar-refractivity contribution in [1.82, 2.24) is 18.8 Å². The zero-order valence-corrected chi connectivity index (χ0v) is 29.3. The first-order valence-electron chi connectivity index (χ1n) is 16.3. The topological polar surface area (TPSA) is 161 Å². The summed E-state index contributed by atoms with van der Waals surface area (Å²) in [6, 6.07) is 5.85. The van der Waals surface area contributed by atoms with Crippen LogP contribution in [-0.4, -0.2) is 58.6 Å². The average molecular weight is 697 g/mol. The van der Waals surface area contributed by atoms with Crippen molar-refractivity contribution < 1.29 is 33.3 Å².